The number of halogens is 1. The fourth-order valence-corrected chi connectivity index (χ4v) is 1.53. The predicted molar refractivity (Wildman–Crippen MR) is 53.5 cm³/mol. The van der Waals surface area contributed by atoms with E-state index in [4.69, 9.17) is 0 Å². The van der Waals surface area contributed by atoms with Crippen molar-refractivity contribution < 1.29 is 4.92 Å². The van der Waals surface area contributed by atoms with Crippen molar-refractivity contribution in [2.24, 2.45) is 0 Å². The summed E-state index contributed by atoms with van der Waals surface area (Å²) in [6.07, 6.45) is 3.98. The quantitative estimate of drug-likeness (QED) is 0.606. The van der Waals surface area contributed by atoms with Gasteiger partial charge in [-0.3, -0.25) is 10.1 Å². The van der Waals surface area contributed by atoms with E-state index in [1.165, 1.54) is 29.6 Å². The molecule has 0 radical (unpaired) electrons. The highest BCUT2D eigenvalue weighted by atomic mass is 79.9. The molecule has 0 aliphatic carbocycles. The molecule has 2 heterocycles. The van der Waals surface area contributed by atoms with Gasteiger partial charge in [0.1, 0.15) is 18.9 Å². The van der Waals surface area contributed by atoms with Crippen LogP contribution in [0, 0.1) is 10.1 Å². The van der Waals surface area contributed by atoms with Crippen LogP contribution in [0.2, 0.25) is 0 Å². The van der Waals surface area contributed by atoms with Gasteiger partial charge in [-0.05, 0) is 15.9 Å². The predicted octanol–water partition coefficient (Wildman–Crippen LogP) is 1.33. The third-order valence-corrected chi connectivity index (χ3v) is 2.24. The Kier molecular flexibility index (Phi) is 2.42. The summed E-state index contributed by atoms with van der Waals surface area (Å²) in [6, 6.07) is 1.37. The first-order valence-corrected chi connectivity index (χ1v) is 4.62. The Morgan fingerprint density at radius 3 is 2.87 bits per heavy atom. The summed E-state index contributed by atoms with van der Waals surface area (Å²) in [5.41, 5.74) is -0.0780. The van der Waals surface area contributed by atoms with E-state index in [0.29, 0.717) is 10.3 Å². The largest absolute Gasteiger partial charge is 0.288 e. The lowest BCUT2D eigenvalue weighted by molar-refractivity contribution is -0.385. The van der Waals surface area contributed by atoms with Crippen molar-refractivity contribution in [3.63, 3.8) is 0 Å². The van der Waals surface area contributed by atoms with Crippen LogP contribution in [-0.4, -0.2) is 24.7 Å². The van der Waals surface area contributed by atoms with Gasteiger partial charge in [-0.2, -0.15) is 5.10 Å². The second kappa shape index (κ2) is 3.73. The zero-order chi connectivity index (χ0) is 10.8. The Hall–Kier alpha value is -1.83. The molecule has 2 aromatic rings. The maximum absolute atomic E-state index is 10.5. The second-order valence-electron chi connectivity index (χ2n) is 2.60. The highest BCUT2D eigenvalue weighted by Gasteiger charge is 2.11. The van der Waals surface area contributed by atoms with E-state index in [1.54, 1.807) is 0 Å². The van der Waals surface area contributed by atoms with E-state index in [-0.39, 0.29) is 5.69 Å². The number of hydrogen-bond acceptors (Lipinski definition) is 5. The summed E-state index contributed by atoms with van der Waals surface area (Å²) in [6.45, 7) is 0. The van der Waals surface area contributed by atoms with Crippen molar-refractivity contribution in [1.29, 1.82) is 0 Å². The molecule has 0 atom stereocenters. The summed E-state index contributed by atoms with van der Waals surface area (Å²) in [5, 5.41) is 14.3. The molecule has 0 aromatic carbocycles. The molecule has 0 saturated heterocycles. The topological polar surface area (TPSA) is 86.7 Å². The van der Waals surface area contributed by atoms with Gasteiger partial charge >= 0.3 is 0 Å². The van der Waals surface area contributed by atoms with Crippen LogP contribution in [-0.2, 0) is 0 Å². The molecule has 76 valence electrons. The van der Waals surface area contributed by atoms with Gasteiger partial charge in [0.25, 0.3) is 5.69 Å². The molecule has 15 heavy (non-hydrogen) atoms. The number of nitro groups is 1. The maximum Gasteiger partial charge on any atom is 0.288 e. The van der Waals surface area contributed by atoms with Gasteiger partial charge in [-0.1, -0.05) is 0 Å². The first kappa shape index (κ1) is 9.71. The van der Waals surface area contributed by atoms with Crippen LogP contribution in [0.3, 0.4) is 0 Å². The molecule has 2 aromatic heterocycles. The molecule has 8 heteroatoms. The van der Waals surface area contributed by atoms with E-state index in [0.717, 1.165) is 0 Å². The van der Waals surface area contributed by atoms with Gasteiger partial charge in [0, 0.05) is 6.07 Å². The van der Waals surface area contributed by atoms with Gasteiger partial charge in [0.15, 0.2) is 5.82 Å². The maximum atomic E-state index is 10.5. The highest BCUT2D eigenvalue weighted by molar-refractivity contribution is 9.10. The zero-order valence-corrected chi connectivity index (χ0v) is 8.83. The van der Waals surface area contributed by atoms with Gasteiger partial charge in [-0.15, -0.1) is 0 Å². The minimum Gasteiger partial charge on any atom is -0.258 e. The average molecular weight is 270 g/mol. The lowest BCUT2D eigenvalue weighted by Crippen LogP contribution is -2.00. The number of aromatic nitrogens is 4. The molecular weight excluding hydrogens is 266 g/mol. The van der Waals surface area contributed by atoms with Crippen LogP contribution in [0.5, 0.6) is 0 Å². The van der Waals surface area contributed by atoms with E-state index >= 15 is 0 Å². The molecule has 0 spiro atoms. The number of pyridine rings is 1. The van der Waals surface area contributed by atoms with Crippen molar-refractivity contribution in [1.82, 2.24) is 19.7 Å². The SMILES string of the molecule is O=[N+]([O-])c1cnc(-n2cncn2)c(Br)c1. The second-order valence-corrected chi connectivity index (χ2v) is 3.45. The Labute approximate surface area is 92.1 Å². The number of rotatable bonds is 2. The van der Waals surface area contributed by atoms with Crippen LogP contribution >= 0.6 is 15.9 Å². The van der Waals surface area contributed by atoms with Crippen LogP contribution in [0.25, 0.3) is 5.82 Å². The van der Waals surface area contributed by atoms with Gasteiger partial charge in [0.05, 0.1) is 9.40 Å². The lowest BCUT2D eigenvalue weighted by Gasteiger charge is -2.01. The molecule has 0 aliphatic heterocycles. The molecule has 0 N–H and O–H groups in total. The molecule has 0 saturated carbocycles. The van der Waals surface area contributed by atoms with Crippen molar-refractivity contribution in [2.75, 3.05) is 0 Å². The molecule has 0 amide bonds. The first-order chi connectivity index (χ1) is 7.18. The van der Waals surface area contributed by atoms with E-state index in [9.17, 15) is 10.1 Å². The first-order valence-electron chi connectivity index (χ1n) is 3.83. The summed E-state index contributed by atoms with van der Waals surface area (Å²) >= 11 is 3.18. The highest BCUT2D eigenvalue weighted by Crippen LogP contribution is 2.22. The monoisotopic (exact) mass is 269 g/mol. The Morgan fingerprint density at radius 2 is 2.33 bits per heavy atom. The minimum atomic E-state index is -0.511. The van der Waals surface area contributed by atoms with Crippen LogP contribution < -0.4 is 0 Å². The van der Waals surface area contributed by atoms with Crippen LogP contribution in [0.1, 0.15) is 0 Å². The van der Waals surface area contributed by atoms with E-state index in [1.807, 2.05) is 0 Å². The molecule has 0 unspecified atom stereocenters. The van der Waals surface area contributed by atoms with Gasteiger partial charge in [0.2, 0.25) is 0 Å². The molecule has 2 rings (SSSR count). The fraction of sp³-hybridized carbons (Fsp3) is 0. The van der Waals surface area contributed by atoms with Crippen LogP contribution in [0.4, 0.5) is 5.69 Å². The summed E-state index contributed by atoms with van der Waals surface area (Å²) < 4.78 is 1.90. The third kappa shape index (κ3) is 1.84. The molecule has 0 fully saturated rings. The number of hydrogen-bond donors (Lipinski definition) is 0. The summed E-state index contributed by atoms with van der Waals surface area (Å²) in [5.74, 6) is 0.457. The lowest BCUT2D eigenvalue weighted by atomic mass is 10.4. The normalized spacial score (nSPS) is 10.2. The van der Waals surface area contributed by atoms with Gasteiger partial charge < -0.3 is 0 Å². The Balaban J connectivity index is 2.48. The van der Waals surface area contributed by atoms with E-state index < -0.39 is 4.92 Å². The molecule has 0 aliphatic rings. The molecular formula is C7H4BrN5O2. The minimum absolute atomic E-state index is 0.0780. The van der Waals surface area contributed by atoms with Crippen molar-refractivity contribution in [2.45, 2.75) is 0 Å². The zero-order valence-electron chi connectivity index (χ0n) is 7.24. The Bertz CT molecular complexity index is 498. The fourth-order valence-electron chi connectivity index (χ4n) is 1.01. The molecule has 7 nitrogen and oxygen atoms in total. The van der Waals surface area contributed by atoms with E-state index in [2.05, 4.69) is 31.0 Å². The van der Waals surface area contributed by atoms with Crippen molar-refractivity contribution in [3.05, 3.63) is 39.5 Å². The standard InChI is InChI=1S/C7H4BrN5O2/c8-6-1-5(13(14)15)2-10-7(6)12-4-9-3-11-12/h1-4H. The Morgan fingerprint density at radius 1 is 1.53 bits per heavy atom. The molecule has 0 bridgehead atoms. The van der Waals surface area contributed by atoms with Crippen molar-refractivity contribution in [3.8, 4) is 5.82 Å². The number of nitrogens with zero attached hydrogens (tertiary/aromatic N) is 5. The summed E-state index contributed by atoms with van der Waals surface area (Å²) in [7, 11) is 0. The van der Waals surface area contributed by atoms with Crippen LogP contribution in [0.15, 0.2) is 29.4 Å². The van der Waals surface area contributed by atoms with Crippen molar-refractivity contribution >= 4 is 21.6 Å². The smallest absolute Gasteiger partial charge is 0.258 e. The van der Waals surface area contributed by atoms with Gasteiger partial charge in [-0.25, -0.2) is 14.6 Å². The third-order valence-electron chi connectivity index (χ3n) is 1.65. The summed E-state index contributed by atoms with van der Waals surface area (Å²) in [4.78, 5) is 17.6. The average Bonchev–Trinajstić information content (AvgIpc) is 2.70.